The first-order valence-corrected chi connectivity index (χ1v) is 7.37. The number of hydrogen-bond acceptors (Lipinski definition) is 3. The van der Waals surface area contributed by atoms with Gasteiger partial charge in [-0.2, -0.15) is 0 Å². The largest absolute Gasteiger partial charge is 0.317 e. The molecule has 3 heteroatoms. The predicted octanol–water partition coefficient (Wildman–Crippen LogP) is 3.22. The van der Waals surface area contributed by atoms with Gasteiger partial charge in [0.05, 0.1) is 0 Å². The van der Waals surface area contributed by atoms with Crippen molar-refractivity contribution < 1.29 is 0 Å². The molecule has 1 aromatic heterocycles. The third kappa shape index (κ3) is 5.68. The van der Waals surface area contributed by atoms with E-state index in [1.54, 1.807) is 0 Å². The molecule has 0 bridgehead atoms. The van der Waals surface area contributed by atoms with Gasteiger partial charge in [-0.05, 0) is 50.8 Å². The highest BCUT2D eigenvalue weighted by Gasteiger charge is 2.15. The molecule has 0 aliphatic rings. The summed E-state index contributed by atoms with van der Waals surface area (Å²) >= 11 is 0. The fourth-order valence-electron chi connectivity index (χ4n) is 2.29. The standard InChI is InChI=1S/C16H29N3/c1-7-17-10-8-9-14-12(2)18-15(19-13(14)3)11-16(4,5)6/h17H,7-11H2,1-6H3. The molecule has 0 saturated heterocycles. The van der Waals surface area contributed by atoms with Crippen LogP contribution >= 0.6 is 0 Å². The van der Waals surface area contributed by atoms with Crippen molar-refractivity contribution in [1.29, 1.82) is 0 Å². The van der Waals surface area contributed by atoms with Crippen molar-refractivity contribution in [1.82, 2.24) is 15.3 Å². The quantitative estimate of drug-likeness (QED) is 0.801. The molecule has 0 aliphatic carbocycles. The van der Waals surface area contributed by atoms with Crippen molar-refractivity contribution in [2.45, 2.75) is 60.8 Å². The van der Waals surface area contributed by atoms with Gasteiger partial charge in [-0.1, -0.05) is 27.7 Å². The molecule has 0 spiro atoms. The summed E-state index contributed by atoms with van der Waals surface area (Å²) in [5.41, 5.74) is 3.88. The molecule has 1 rings (SSSR count). The van der Waals surface area contributed by atoms with E-state index in [1.165, 1.54) is 5.56 Å². The molecule has 0 atom stereocenters. The summed E-state index contributed by atoms with van der Waals surface area (Å²) in [6.07, 6.45) is 3.16. The van der Waals surface area contributed by atoms with E-state index in [0.29, 0.717) is 0 Å². The summed E-state index contributed by atoms with van der Waals surface area (Å²) < 4.78 is 0. The molecule has 0 radical (unpaired) electrons. The van der Waals surface area contributed by atoms with Crippen LogP contribution < -0.4 is 5.32 Å². The second-order valence-corrected chi connectivity index (χ2v) is 6.48. The number of hydrogen-bond donors (Lipinski definition) is 1. The number of nitrogens with one attached hydrogen (secondary N) is 1. The third-order valence-corrected chi connectivity index (χ3v) is 3.19. The van der Waals surface area contributed by atoms with E-state index in [0.717, 1.165) is 49.6 Å². The number of nitrogens with zero attached hydrogens (tertiary/aromatic N) is 2. The minimum Gasteiger partial charge on any atom is -0.317 e. The normalized spacial score (nSPS) is 11.9. The zero-order valence-corrected chi connectivity index (χ0v) is 13.4. The molecule has 1 N–H and O–H groups in total. The lowest BCUT2D eigenvalue weighted by atomic mass is 9.91. The smallest absolute Gasteiger partial charge is 0.129 e. The molecule has 0 saturated carbocycles. The Bertz CT molecular complexity index is 382. The molecule has 0 aromatic carbocycles. The molecule has 1 aromatic rings. The first-order valence-electron chi connectivity index (χ1n) is 7.37. The monoisotopic (exact) mass is 263 g/mol. The fraction of sp³-hybridized carbons (Fsp3) is 0.750. The summed E-state index contributed by atoms with van der Waals surface area (Å²) in [6, 6.07) is 0. The van der Waals surface area contributed by atoms with Crippen molar-refractivity contribution in [2.75, 3.05) is 13.1 Å². The fourth-order valence-corrected chi connectivity index (χ4v) is 2.29. The minimum absolute atomic E-state index is 0.242. The topological polar surface area (TPSA) is 37.8 Å². The second-order valence-electron chi connectivity index (χ2n) is 6.48. The molecular weight excluding hydrogens is 234 g/mol. The zero-order valence-electron chi connectivity index (χ0n) is 13.4. The van der Waals surface area contributed by atoms with Gasteiger partial charge >= 0.3 is 0 Å². The van der Waals surface area contributed by atoms with Crippen molar-refractivity contribution in [3.63, 3.8) is 0 Å². The molecule has 0 amide bonds. The maximum absolute atomic E-state index is 4.69. The minimum atomic E-state index is 0.242. The SMILES string of the molecule is CCNCCCc1c(C)nc(CC(C)(C)C)nc1C. The lowest BCUT2D eigenvalue weighted by Gasteiger charge is -2.18. The highest BCUT2D eigenvalue weighted by molar-refractivity contribution is 5.24. The molecule has 0 fully saturated rings. The Balaban J connectivity index is 2.74. The van der Waals surface area contributed by atoms with E-state index in [2.05, 4.69) is 56.8 Å². The summed E-state index contributed by atoms with van der Waals surface area (Å²) in [6.45, 7) is 15.2. The van der Waals surface area contributed by atoms with E-state index in [1.807, 2.05) is 0 Å². The van der Waals surface area contributed by atoms with Crippen LogP contribution in [-0.2, 0) is 12.8 Å². The van der Waals surface area contributed by atoms with E-state index < -0.39 is 0 Å². The zero-order chi connectivity index (χ0) is 14.5. The summed E-state index contributed by atoms with van der Waals surface area (Å²) in [5.74, 6) is 0.984. The molecular formula is C16H29N3. The van der Waals surface area contributed by atoms with Crippen LogP contribution in [0.1, 0.15) is 56.9 Å². The van der Waals surface area contributed by atoms with Crippen LogP contribution in [0.25, 0.3) is 0 Å². The van der Waals surface area contributed by atoms with Gasteiger partial charge in [-0.15, -0.1) is 0 Å². The Labute approximate surface area is 118 Å². The average Bonchev–Trinajstić information content (AvgIpc) is 2.24. The van der Waals surface area contributed by atoms with Crippen LogP contribution in [0.15, 0.2) is 0 Å². The van der Waals surface area contributed by atoms with Gasteiger partial charge in [-0.25, -0.2) is 9.97 Å². The Morgan fingerprint density at radius 1 is 1.05 bits per heavy atom. The van der Waals surface area contributed by atoms with Gasteiger partial charge in [0.1, 0.15) is 5.82 Å². The van der Waals surface area contributed by atoms with Crippen molar-refractivity contribution in [3.05, 3.63) is 22.8 Å². The van der Waals surface area contributed by atoms with Crippen LogP contribution in [0.3, 0.4) is 0 Å². The summed E-state index contributed by atoms with van der Waals surface area (Å²) in [5, 5.41) is 3.36. The van der Waals surface area contributed by atoms with Gasteiger partial charge in [0.25, 0.3) is 0 Å². The lowest BCUT2D eigenvalue weighted by Crippen LogP contribution is -2.16. The molecule has 3 nitrogen and oxygen atoms in total. The van der Waals surface area contributed by atoms with Crippen LogP contribution in [0, 0.1) is 19.3 Å². The van der Waals surface area contributed by atoms with Crippen LogP contribution in [0.2, 0.25) is 0 Å². The van der Waals surface area contributed by atoms with Gasteiger partial charge < -0.3 is 5.32 Å². The van der Waals surface area contributed by atoms with Gasteiger partial charge in [-0.3, -0.25) is 0 Å². The van der Waals surface area contributed by atoms with Crippen LogP contribution in [0.5, 0.6) is 0 Å². The van der Waals surface area contributed by atoms with E-state index in [9.17, 15) is 0 Å². The molecule has 1 heterocycles. The van der Waals surface area contributed by atoms with Crippen LogP contribution in [0.4, 0.5) is 0 Å². The number of aryl methyl sites for hydroxylation is 2. The third-order valence-electron chi connectivity index (χ3n) is 3.19. The number of rotatable bonds is 6. The number of aromatic nitrogens is 2. The lowest BCUT2D eigenvalue weighted by molar-refractivity contribution is 0.399. The van der Waals surface area contributed by atoms with Gasteiger partial charge in [0, 0.05) is 17.8 Å². The summed E-state index contributed by atoms with van der Waals surface area (Å²) in [7, 11) is 0. The average molecular weight is 263 g/mol. The van der Waals surface area contributed by atoms with Crippen molar-refractivity contribution in [2.24, 2.45) is 5.41 Å². The highest BCUT2D eigenvalue weighted by atomic mass is 14.9. The summed E-state index contributed by atoms with van der Waals surface area (Å²) in [4.78, 5) is 9.37. The van der Waals surface area contributed by atoms with E-state index >= 15 is 0 Å². The van der Waals surface area contributed by atoms with Gasteiger partial charge in [0.15, 0.2) is 0 Å². The molecule has 108 valence electrons. The maximum Gasteiger partial charge on any atom is 0.129 e. The Morgan fingerprint density at radius 3 is 2.11 bits per heavy atom. The Morgan fingerprint density at radius 2 is 1.63 bits per heavy atom. The van der Waals surface area contributed by atoms with E-state index in [4.69, 9.17) is 0 Å². The van der Waals surface area contributed by atoms with Crippen molar-refractivity contribution >= 4 is 0 Å². The van der Waals surface area contributed by atoms with Crippen molar-refractivity contribution in [3.8, 4) is 0 Å². The second kappa shape index (κ2) is 6.99. The first kappa shape index (κ1) is 16.1. The van der Waals surface area contributed by atoms with Gasteiger partial charge in [0.2, 0.25) is 0 Å². The highest BCUT2D eigenvalue weighted by Crippen LogP contribution is 2.20. The Kier molecular flexibility index (Phi) is 5.92. The molecule has 0 aliphatic heterocycles. The Hall–Kier alpha value is -0.960. The first-order chi connectivity index (χ1) is 8.83. The van der Waals surface area contributed by atoms with E-state index in [-0.39, 0.29) is 5.41 Å². The maximum atomic E-state index is 4.69. The molecule has 0 unspecified atom stereocenters. The molecule has 19 heavy (non-hydrogen) atoms. The van der Waals surface area contributed by atoms with Crippen LogP contribution in [-0.4, -0.2) is 23.1 Å². The predicted molar refractivity (Wildman–Crippen MR) is 81.5 cm³/mol.